The summed E-state index contributed by atoms with van der Waals surface area (Å²) in [6.45, 7) is -0.00664. The first kappa shape index (κ1) is 11.3. The second-order valence-corrected chi connectivity index (χ2v) is 3.25. The lowest BCUT2D eigenvalue weighted by Gasteiger charge is -2.10. The number of aromatic nitrogens is 4. The summed E-state index contributed by atoms with van der Waals surface area (Å²) in [6, 6.07) is 2.48. The quantitative estimate of drug-likeness (QED) is 0.680. The van der Waals surface area contributed by atoms with E-state index in [9.17, 15) is 4.79 Å². The molecule has 1 atom stereocenters. The summed E-state index contributed by atoms with van der Waals surface area (Å²) in [7, 11) is 1.27. The van der Waals surface area contributed by atoms with Crippen LogP contribution in [-0.2, 0) is 9.53 Å². The van der Waals surface area contributed by atoms with Gasteiger partial charge in [0.15, 0.2) is 5.65 Å². The Hall–Kier alpha value is -2.22. The van der Waals surface area contributed by atoms with Crippen LogP contribution in [-0.4, -0.2) is 45.5 Å². The first-order valence-corrected chi connectivity index (χ1v) is 4.84. The van der Waals surface area contributed by atoms with Gasteiger partial charge in [-0.3, -0.25) is 4.79 Å². The zero-order chi connectivity index (χ0) is 12.3. The molecule has 0 saturated carbocycles. The lowest BCUT2D eigenvalue weighted by Crippen LogP contribution is -2.37. The number of nitrogens with two attached hydrogens (primary N) is 1. The van der Waals surface area contributed by atoms with Crippen molar-refractivity contribution in [1.82, 2.24) is 19.8 Å². The summed E-state index contributed by atoms with van der Waals surface area (Å²) in [4.78, 5) is 11.0. The maximum Gasteiger partial charge on any atom is 0.326 e. The van der Waals surface area contributed by atoms with Gasteiger partial charge in [-0.15, -0.1) is 15.3 Å². The van der Waals surface area contributed by atoms with Crippen molar-refractivity contribution in [2.24, 2.45) is 5.73 Å². The van der Waals surface area contributed by atoms with Gasteiger partial charge in [-0.25, -0.2) is 0 Å². The molecule has 8 nitrogen and oxygen atoms in total. The molecule has 0 aromatic carbocycles. The molecule has 90 valence electrons. The standard InChI is InChI=1S/C9H11N5O3/c1-16-9(15)6(10)4-17-8-3-2-7-12-11-5-14(7)13-8/h2-3,5-6H,4,10H2,1H3. The van der Waals surface area contributed by atoms with Gasteiger partial charge in [0.2, 0.25) is 5.88 Å². The van der Waals surface area contributed by atoms with Gasteiger partial charge in [0.05, 0.1) is 7.11 Å². The summed E-state index contributed by atoms with van der Waals surface area (Å²) in [5.41, 5.74) is 6.12. The lowest BCUT2D eigenvalue weighted by molar-refractivity contribution is -0.142. The van der Waals surface area contributed by atoms with E-state index in [2.05, 4.69) is 20.0 Å². The Morgan fingerprint density at radius 2 is 2.41 bits per heavy atom. The monoisotopic (exact) mass is 237 g/mol. The van der Waals surface area contributed by atoms with Gasteiger partial charge < -0.3 is 15.2 Å². The molecule has 2 N–H and O–H groups in total. The van der Waals surface area contributed by atoms with Gasteiger partial charge in [0.1, 0.15) is 19.0 Å². The fourth-order valence-electron chi connectivity index (χ4n) is 1.18. The van der Waals surface area contributed by atoms with Crippen molar-refractivity contribution in [3.63, 3.8) is 0 Å². The largest absolute Gasteiger partial charge is 0.474 e. The Morgan fingerprint density at radius 3 is 3.18 bits per heavy atom. The van der Waals surface area contributed by atoms with Crippen molar-refractivity contribution in [3.8, 4) is 5.88 Å². The fraction of sp³-hybridized carbons (Fsp3) is 0.333. The van der Waals surface area contributed by atoms with Crippen LogP contribution in [0.3, 0.4) is 0 Å². The second kappa shape index (κ2) is 4.74. The van der Waals surface area contributed by atoms with E-state index in [0.29, 0.717) is 11.5 Å². The lowest BCUT2D eigenvalue weighted by atomic mass is 10.3. The number of carbonyl (C=O) groups is 1. The molecule has 0 spiro atoms. The Labute approximate surface area is 96.3 Å². The highest BCUT2D eigenvalue weighted by Crippen LogP contribution is 2.06. The van der Waals surface area contributed by atoms with Crippen molar-refractivity contribution in [3.05, 3.63) is 18.5 Å². The van der Waals surface area contributed by atoms with E-state index in [-0.39, 0.29) is 6.61 Å². The molecule has 1 unspecified atom stereocenters. The molecule has 0 fully saturated rings. The van der Waals surface area contributed by atoms with E-state index in [4.69, 9.17) is 10.5 Å². The molecule has 0 saturated heterocycles. The molecule has 0 radical (unpaired) electrons. The van der Waals surface area contributed by atoms with E-state index in [1.807, 2.05) is 0 Å². The molecule has 2 aromatic rings. The van der Waals surface area contributed by atoms with Crippen molar-refractivity contribution < 1.29 is 14.3 Å². The van der Waals surface area contributed by atoms with Gasteiger partial charge >= 0.3 is 5.97 Å². The minimum atomic E-state index is -0.835. The summed E-state index contributed by atoms with van der Waals surface area (Å²) in [5.74, 6) is -0.202. The Bertz CT molecular complexity index is 526. The first-order valence-electron chi connectivity index (χ1n) is 4.84. The maximum atomic E-state index is 11.0. The Morgan fingerprint density at radius 1 is 1.59 bits per heavy atom. The number of methoxy groups -OCH3 is 1. The highest BCUT2D eigenvalue weighted by molar-refractivity contribution is 5.75. The summed E-state index contributed by atoms with van der Waals surface area (Å²) in [5, 5.41) is 11.5. The number of carbonyl (C=O) groups excluding carboxylic acids is 1. The van der Waals surface area contributed by atoms with E-state index < -0.39 is 12.0 Å². The SMILES string of the molecule is COC(=O)C(N)COc1ccc2nncn2n1. The zero-order valence-corrected chi connectivity index (χ0v) is 9.11. The van der Waals surface area contributed by atoms with Crippen molar-refractivity contribution in [2.45, 2.75) is 6.04 Å². The van der Waals surface area contributed by atoms with Crippen LogP contribution in [0.1, 0.15) is 0 Å². The summed E-state index contributed by atoms with van der Waals surface area (Å²) in [6.07, 6.45) is 1.45. The summed E-state index contributed by atoms with van der Waals surface area (Å²) < 4.78 is 11.2. The van der Waals surface area contributed by atoms with E-state index in [1.54, 1.807) is 12.1 Å². The number of ether oxygens (including phenoxy) is 2. The van der Waals surface area contributed by atoms with Gasteiger partial charge in [0.25, 0.3) is 0 Å². The third-order valence-electron chi connectivity index (χ3n) is 2.05. The average molecular weight is 237 g/mol. The molecule has 2 rings (SSSR count). The number of hydrogen-bond donors (Lipinski definition) is 1. The van der Waals surface area contributed by atoms with Crippen molar-refractivity contribution in [1.29, 1.82) is 0 Å². The van der Waals surface area contributed by atoms with Crippen molar-refractivity contribution in [2.75, 3.05) is 13.7 Å². The Kier molecular flexibility index (Phi) is 3.15. The molecule has 0 aliphatic heterocycles. The molecule has 8 heteroatoms. The highest BCUT2D eigenvalue weighted by Gasteiger charge is 2.14. The van der Waals surface area contributed by atoms with Crippen molar-refractivity contribution >= 4 is 11.6 Å². The van der Waals surface area contributed by atoms with Crippen LogP contribution in [0.5, 0.6) is 5.88 Å². The summed E-state index contributed by atoms with van der Waals surface area (Å²) >= 11 is 0. The average Bonchev–Trinajstić information content (AvgIpc) is 2.82. The number of nitrogens with zero attached hydrogens (tertiary/aromatic N) is 4. The third kappa shape index (κ3) is 2.48. The van der Waals surface area contributed by atoms with Gasteiger partial charge in [-0.1, -0.05) is 0 Å². The molecule has 2 aromatic heterocycles. The van der Waals surface area contributed by atoms with Crippen LogP contribution in [0, 0.1) is 0 Å². The smallest absolute Gasteiger partial charge is 0.326 e. The molecular formula is C9H11N5O3. The highest BCUT2D eigenvalue weighted by atomic mass is 16.5. The van der Waals surface area contributed by atoms with Gasteiger partial charge in [0, 0.05) is 6.07 Å². The minimum Gasteiger partial charge on any atom is -0.474 e. The normalized spacial score (nSPS) is 12.4. The number of hydrogen-bond acceptors (Lipinski definition) is 7. The minimum absolute atomic E-state index is 0.00664. The number of esters is 1. The fourth-order valence-corrected chi connectivity index (χ4v) is 1.18. The first-order chi connectivity index (χ1) is 8.20. The van der Waals surface area contributed by atoms with Crippen LogP contribution in [0.25, 0.3) is 5.65 Å². The number of rotatable bonds is 4. The molecule has 0 bridgehead atoms. The topological polar surface area (TPSA) is 105 Å². The van der Waals surface area contributed by atoms with E-state index in [0.717, 1.165) is 0 Å². The predicted molar refractivity (Wildman–Crippen MR) is 56.3 cm³/mol. The molecular weight excluding hydrogens is 226 g/mol. The zero-order valence-electron chi connectivity index (χ0n) is 9.11. The maximum absolute atomic E-state index is 11.0. The van der Waals surface area contributed by atoms with Crippen LogP contribution >= 0.6 is 0 Å². The molecule has 17 heavy (non-hydrogen) atoms. The van der Waals surface area contributed by atoms with Gasteiger partial charge in [-0.05, 0) is 6.07 Å². The molecule has 0 amide bonds. The van der Waals surface area contributed by atoms with E-state index in [1.165, 1.54) is 18.0 Å². The van der Waals surface area contributed by atoms with E-state index >= 15 is 0 Å². The Balaban J connectivity index is 2.01. The van der Waals surface area contributed by atoms with Crippen LogP contribution in [0.2, 0.25) is 0 Å². The van der Waals surface area contributed by atoms with Crippen LogP contribution in [0.15, 0.2) is 18.5 Å². The molecule has 0 aliphatic carbocycles. The molecule has 0 aliphatic rings. The van der Waals surface area contributed by atoms with Gasteiger partial charge in [-0.2, -0.15) is 4.52 Å². The molecule has 2 heterocycles. The number of fused-ring (bicyclic) bond motifs is 1. The second-order valence-electron chi connectivity index (χ2n) is 3.25. The van der Waals surface area contributed by atoms with Crippen LogP contribution in [0.4, 0.5) is 0 Å². The predicted octanol–water partition coefficient (Wildman–Crippen LogP) is -0.997. The third-order valence-corrected chi connectivity index (χ3v) is 2.05. The van der Waals surface area contributed by atoms with Crippen LogP contribution < -0.4 is 10.5 Å².